The summed E-state index contributed by atoms with van der Waals surface area (Å²) < 4.78 is 6.72. The molecule has 0 fully saturated rings. The minimum absolute atomic E-state index is 0.0163. The summed E-state index contributed by atoms with van der Waals surface area (Å²) in [5.41, 5.74) is 2.32. The van der Waals surface area contributed by atoms with Crippen LogP contribution in [0.5, 0.6) is 5.75 Å². The molecular weight excluding hydrogens is 492 g/mol. The number of nitrogens with zero attached hydrogens (tertiary/aromatic N) is 1. The zero-order valence-electron chi connectivity index (χ0n) is 21.4. The SMILES string of the molecule is CCC(C)NC(=O)C(CC)N(CCc1ccccc1)C(=O)COc1ccc(C(C)(C)C)cc1Br. The number of carbonyl (C=O) groups excluding carboxylic acids is 2. The van der Waals surface area contributed by atoms with Crippen molar-refractivity contribution in [2.24, 2.45) is 0 Å². The average Bonchev–Trinajstić information content (AvgIpc) is 2.80. The Balaban J connectivity index is 2.18. The zero-order valence-corrected chi connectivity index (χ0v) is 22.9. The maximum Gasteiger partial charge on any atom is 0.261 e. The van der Waals surface area contributed by atoms with Crippen LogP contribution in [0.4, 0.5) is 0 Å². The van der Waals surface area contributed by atoms with Gasteiger partial charge in [-0.25, -0.2) is 0 Å². The number of halogens is 1. The molecule has 2 aromatic carbocycles. The van der Waals surface area contributed by atoms with Crippen molar-refractivity contribution >= 4 is 27.7 Å². The van der Waals surface area contributed by atoms with Gasteiger partial charge in [-0.2, -0.15) is 0 Å². The van der Waals surface area contributed by atoms with Crippen LogP contribution in [0, 0.1) is 0 Å². The monoisotopic (exact) mass is 530 g/mol. The number of hydrogen-bond donors (Lipinski definition) is 1. The van der Waals surface area contributed by atoms with E-state index >= 15 is 0 Å². The fourth-order valence-electron chi connectivity index (χ4n) is 3.64. The quantitative estimate of drug-likeness (QED) is 0.394. The number of nitrogens with one attached hydrogen (secondary N) is 1. The highest BCUT2D eigenvalue weighted by atomic mass is 79.9. The second-order valence-corrected chi connectivity index (χ2v) is 10.6. The van der Waals surface area contributed by atoms with Gasteiger partial charge >= 0.3 is 0 Å². The Hall–Kier alpha value is -2.34. The van der Waals surface area contributed by atoms with Crippen molar-refractivity contribution in [3.8, 4) is 5.75 Å². The van der Waals surface area contributed by atoms with E-state index in [9.17, 15) is 9.59 Å². The highest BCUT2D eigenvalue weighted by Gasteiger charge is 2.29. The smallest absolute Gasteiger partial charge is 0.261 e. The minimum atomic E-state index is -0.541. The molecule has 0 aliphatic carbocycles. The van der Waals surface area contributed by atoms with Gasteiger partial charge in [-0.05, 0) is 70.8 Å². The van der Waals surface area contributed by atoms with Gasteiger partial charge in [0, 0.05) is 12.6 Å². The fraction of sp³-hybridized carbons (Fsp3) is 0.500. The molecule has 5 nitrogen and oxygen atoms in total. The molecule has 2 rings (SSSR count). The second-order valence-electron chi connectivity index (χ2n) is 9.75. The van der Waals surface area contributed by atoms with E-state index in [1.165, 1.54) is 5.56 Å². The number of carbonyl (C=O) groups is 2. The molecule has 0 aliphatic rings. The van der Waals surface area contributed by atoms with Crippen LogP contribution >= 0.6 is 15.9 Å². The summed E-state index contributed by atoms with van der Waals surface area (Å²) in [4.78, 5) is 28.0. The van der Waals surface area contributed by atoms with Gasteiger partial charge in [0.15, 0.2) is 6.61 Å². The summed E-state index contributed by atoms with van der Waals surface area (Å²) in [6.45, 7) is 12.7. The lowest BCUT2D eigenvalue weighted by atomic mass is 9.87. The zero-order chi connectivity index (χ0) is 25.3. The van der Waals surface area contributed by atoms with Gasteiger partial charge in [0.2, 0.25) is 5.91 Å². The summed E-state index contributed by atoms with van der Waals surface area (Å²) in [6.07, 6.45) is 2.04. The fourth-order valence-corrected chi connectivity index (χ4v) is 4.14. The number of rotatable bonds is 11. The molecule has 186 valence electrons. The van der Waals surface area contributed by atoms with Crippen molar-refractivity contribution in [2.45, 2.75) is 78.3 Å². The number of ether oxygens (including phenoxy) is 1. The first kappa shape index (κ1) is 27.9. The third kappa shape index (κ3) is 8.15. The van der Waals surface area contributed by atoms with Crippen LogP contribution in [0.2, 0.25) is 0 Å². The molecule has 1 N–H and O–H groups in total. The van der Waals surface area contributed by atoms with E-state index in [4.69, 9.17) is 4.74 Å². The molecule has 0 aromatic heterocycles. The van der Waals surface area contributed by atoms with Crippen LogP contribution < -0.4 is 10.1 Å². The lowest BCUT2D eigenvalue weighted by Gasteiger charge is -2.31. The summed E-state index contributed by atoms with van der Waals surface area (Å²) >= 11 is 3.57. The summed E-state index contributed by atoms with van der Waals surface area (Å²) in [6, 6.07) is 15.5. The third-order valence-electron chi connectivity index (χ3n) is 6.02. The molecule has 0 radical (unpaired) electrons. The molecule has 6 heteroatoms. The van der Waals surface area contributed by atoms with Crippen LogP contribution in [0.3, 0.4) is 0 Å². The van der Waals surface area contributed by atoms with Crippen molar-refractivity contribution in [1.82, 2.24) is 10.2 Å². The van der Waals surface area contributed by atoms with Crippen LogP contribution in [0.25, 0.3) is 0 Å². The predicted molar refractivity (Wildman–Crippen MR) is 142 cm³/mol. The molecule has 2 atom stereocenters. The molecule has 34 heavy (non-hydrogen) atoms. The first-order chi connectivity index (χ1) is 16.1. The highest BCUT2D eigenvalue weighted by molar-refractivity contribution is 9.10. The Morgan fingerprint density at radius 2 is 1.74 bits per heavy atom. The van der Waals surface area contributed by atoms with Gasteiger partial charge < -0.3 is 15.0 Å². The Morgan fingerprint density at radius 3 is 2.29 bits per heavy atom. The molecular formula is C28H39BrN2O3. The van der Waals surface area contributed by atoms with Crippen molar-refractivity contribution in [3.05, 3.63) is 64.1 Å². The molecule has 0 heterocycles. The van der Waals surface area contributed by atoms with Gasteiger partial charge in [-0.1, -0.05) is 71.0 Å². The van der Waals surface area contributed by atoms with Crippen LogP contribution in [-0.2, 0) is 21.4 Å². The van der Waals surface area contributed by atoms with Gasteiger partial charge in [-0.15, -0.1) is 0 Å². The number of hydrogen-bond acceptors (Lipinski definition) is 3. The van der Waals surface area contributed by atoms with Gasteiger partial charge in [0.05, 0.1) is 4.47 Å². The van der Waals surface area contributed by atoms with Gasteiger partial charge in [0.25, 0.3) is 5.91 Å². The Bertz CT molecular complexity index is 940. The van der Waals surface area contributed by atoms with E-state index in [-0.39, 0.29) is 29.9 Å². The molecule has 0 aliphatic heterocycles. The minimum Gasteiger partial charge on any atom is -0.483 e. The molecule has 2 amide bonds. The van der Waals surface area contributed by atoms with E-state index in [1.54, 1.807) is 4.90 Å². The molecule has 2 aromatic rings. The highest BCUT2D eigenvalue weighted by Crippen LogP contribution is 2.31. The summed E-state index contributed by atoms with van der Waals surface area (Å²) in [5, 5.41) is 3.04. The molecule has 0 bridgehead atoms. The molecule has 0 spiro atoms. The Kier molecular flexibility index (Phi) is 10.6. The molecule has 2 unspecified atom stereocenters. The van der Waals surface area contributed by atoms with E-state index < -0.39 is 6.04 Å². The lowest BCUT2D eigenvalue weighted by Crippen LogP contribution is -2.52. The van der Waals surface area contributed by atoms with Crippen molar-refractivity contribution in [3.63, 3.8) is 0 Å². The van der Waals surface area contributed by atoms with Crippen LogP contribution in [-0.4, -0.2) is 41.9 Å². The number of amides is 2. The van der Waals surface area contributed by atoms with Crippen molar-refractivity contribution < 1.29 is 14.3 Å². The standard InChI is InChI=1S/C28H39BrN2O3/c1-7-20(3)30-27(33)24(8-2)31(17-16-21-12-10-9-11-13-21)26(32)19-34-25-15-14-22(18-23(25)29)28(4,5)6/h9-15,18,20,24H,7-8,16-17,19H2,1-6H3,(H,30,33). The lowest BCUT2D eigenvalue weighted by molar-refractivity contribution is -0.142. The van der Waals surface area contributed by atoms with Crippen LogP contribution in [0.1, 0.15) is 65.5 Å². The number of benzene rings is 2. The van der Waals surface area contributed by atoms with Gasteiger partial charge in [0.1, 0.15) is 11.8 Å². The second kappa shape index (κ2) is 12.9. The topological polar surface area (TPSA) is 58.6 Å². The maximum absolute atomic E-state index is 13.3. The van der Waals surface area contributed by atoms with Crippen LogP contribution in [0.15, 0.2) is 53.0 Å². The summed E-state index contributed by atoms with van der Waals surface area (Å²) in [5.74, 6) is 0.296. The largest absolute Gasteiger partial charge is 0.483 e. The first-order valence-electron chi connectivity index (χ1n) is 12.1. The molecule has 0 saturated carbocycles. The first-order valence-corrected chi connectivity index (χ1v) is 12.9. The van der Waals surface area contributed by atoms with E-state index in [0.717, 1.165) is 16.5 Å². The van der Waals surface area contributed by atoms with E-state index in [1.807, 2.05) is 69.3 Å². The third-order valence-corrected chi connectivity index (χ3v) is 6.64. The Labute approximate surface area is 213 Å². The van der Waals surface area contributed by atoms with Gasteiger partial charge in [-0.3, -0.25) is 9.59 Å². The van der Waals surface area contributed by atoms with E-state index in [0.29, 0.717) is 25.1 Å². The summed E-state index contributed by atoms with van der Waals surface area (Å²) in [7, 11) is 0. The predicted octanol–water partition coefficient (Wildman–Crippen LogP) is 5.89. The average molecular weight is 532 g/mol. The van der Waals surface area contributed by atoms with E-state index in [2.05, 4.69) is 42.0 Å². The maximum atomic E-state index is 13.3. The normalized spacial score (nSPS) is 13.1. The van der Waals surface area contributed by atoms with Crippen molar-refractivity contribution in [1.29, 1.82) is 0 Å². The molecule has 0 saturated heterocycles. The van der Waals surface area contributed by atoms with Crippen molar-refractivity contribution in [2.75, 3.05) is 13.2 Å². The Morgan fingerprint density at radius 1 is 1.06 bits per heavy atom.